The maximum Gasteiger partial charge on any atom is 0.115 e. The summed E-state index contributed by atoms with van der Waals surface area (Å²) in [5.41, 5.74) is 7.77. The van der Waals surface area contributed by atoms with Crippen LogP contribution in [0.2, 0.25) is 0 Å². The Kier molecular flexibility index (Phi) is 2.20. The van der Waals surface area contributed by atoms with Gasteiger partial charge in [0.05, 0.1) is 11.6 Å². The molecule has 24 heavy (non-hydrogen) atoms. The number of fused-ring (bicyclic) bond motifs is 1. The lowest BCUT2D eigenvalue weighted by atomic mass is 9.63. The third-order valence-electron chi connectivity index (χ3n) is 5.44. The van der Waals surface area contributed by atoms with Crippen LogP contribution in [0.3, 0.4) is 0 Å². The molecular formula is C21H13N3. The Morgan fingerprint density at radius 2 is 1.42 bits per heavy atom. The van der Waals surface area contributed by atoms with E-state index in [2.05, 4.69) is 57.4 Å². The Morgan fingerprint density at radius 3 is 2.25 bits per heavy atom. The summed E-state index contributed by atoms with van der Waals surface area (Å²) in [6.07, 6.45) is 7.55. The summed E-state index contributed by atoms with van der Waals surface area (Å²) in [6, 6.07) is 15.4. The smallest absolute Gasteiger partial charge is 0.115 e. The van der Waals surface area contributed by atoms with Crippen molar-refractivity contribution in [2.75, 3.05) is 0 Å². The summed E-state index contributed by atoms with van der Waals surface area (Å²) in [5, 5.41) is 2.57. The van der Waals surface area contributed by atoms with E-state index >= 15 is 0 Å². The molecule has 0 saturated heterocycles. The van der Waals surface area contributed by atoms with Gasteiger partial charge in [-0.25, -0.2) is 9.97 Å². The van der Waals surface area contributed by atoms with Gasteiger partial charge in [-0.1, -0.05) is 24.3 Å². The van der Waals surface area contributed by atoms with Crippen molar-refractivity contribution in [3.8, 4) is 0 Å². The van der Waals surface area contributed by atoms with Crippen molar-refractivity contribution in [3.05, 3.63) is 101 Å². The van der Waals surface area contributed by atoms with Crippen molar-refractivity contribution >= 4 is 10.8 Å². The number of nitrogens with zero attached hydrogens (tertiary/aromatic N) is 3. The second-order valence-electron chi connectivity index (χ2n) is 6.56. The normalized spacial score (nSPS) is 19.7. The number of aromatic nitrogens is 3. The Hall–Kier alpha value is -3.07. The zero-order valence-corrected chi connectivity index (χ0v) is 12.8. The Morgan fingerprint density at radius 1 is 0.667 bits per heavy atom. The lowest BCUT2D eigenvalue weighted by Gasteiger charge is -2.40. The van der Waals surface area contributed by atoms with Crippen LogP contribution < -0.4 is 0 Å². The zero-order valence-electron chi connectivity index (χ0n) is 12.8. The Balaban J connectivity index is 1.76. The fraction of sp³-hybridized carbons (Fsp3) is 0.0952. The summed E-state index contributed by atoms with van der Waals surface area (Å²) in [7, 11) is 0. The monoisotopic (exact) mass is 307 g/mol. The summed E-state index contributed by atoms with van der Waals surface area (Å²) in [5.74, 6) is 0.375. The minimum absolute atomic E-state index is 0.186. The van der Waals surface area contributed by atoms with Crippen LogP contribution in [0.1, 0.15) is 45.3 Å². The lowest BCUT2D eigenvalue weighted by molar-refractivity contribution is 0.715. The number of hydrogen-bond acceptors (Lipinski definition) is 3. The van der Waals surface area contributed by atoms with Crippen molar-refractivity contribution < 1.29 is 0 Å². The molecule has 0 amide bonds. The predicted molar refractivity (Wildman–Crippen MR) is 92.1 cm³/mol. The molecule has 7 rings (SSSR count). The number of benzene rings is 2. The SMILES string of the molecule is c1ccc2cc3c(cc2c1)C1c2cnccc2C3c2ncncc21. The molecule has 3 heteroatoms. The van der Waals surface area contributed by atoms with Crippen LogP contribution >= 0.6 is 0 Å². The topological polar surface area (TPSA) is 38.7 Å². The van der Waals surface area contributed by atoms with E-state index in [9.17, 15) is 0 Å². The molecule has 0 saturated carbocycles. The van der Waals surface area contributed by atoms with Gasteiger partial charge in [-0.05, 0) is 51.2 Å². The van der Waals surface area contributed by atoms with E-state index in [1.165, 1.54) is 38.6 Å². The third kappa shape index (κ3) is 1.40. The first-order valence-electron chi connectivity index (χ1n) is 8.18. The highest BCUT2D eigenvalue weighted by molar-refractivity contribution is 5.86. The number of rotatable bonds is 0. The van der Waals surface area contributed by atoms with Crippen LogP contribution in [-0.2, 0) is 0 Å². The van der Waals surface area contributed by atoms with Crippen molar-refractivity contribution in [1.29, 1.82) is 0 Å². The molecule has 2 atom stereocenters. The fourth-order valence-corrected chi connectivity index (χ4v) is 4.48. The highest BCUT2D eigenvalue weighted by Gasteiger charge is 2.42. The van der Waals surface area contributed by atoms with E-state index in [4.69, 9.17) is 0 Å². The zero-order chi connectivity index (χ0) is 15.7. The average molecular weight is 307 g/mol. The Labute approximate surface area is 139 Å². The molecule has 112 valence electrons. The molecule has 2 aromatic heterocycles. The molecule has 0 fully saturated rings. The standard InChI is InChI=1S/C21H13N3/c1-2-4-13-8-16-15(7-12(13)3-1)19-17-9-22-6-5-14(17)20(16)21-18(19)10-23-11-24-21/h1-11,19-20H. The third-order valence-corrected chi connectivity index (χ3v) is 5.44. The molecule has 2 unspecified atom stereocenters. The van der Waals surface area contributed by atoms with Gasteiger partial charge in [-0.15, -0.1) is 0 Å². The molecular weight excluding hydrogens is 294 g/mol. The highest BCUT2D eigenvalue weighted by Crippen LogP contribution is 2.55. The van der Waals surface area contributed by atoms with E-state index in [0.717, 1.165) is 5.69 Å². The van der Waals surface area contributed by atoms with Crippen LogP contribution in [0.5, 0.6) is 0 Å². The Bertz CT molecular complexity index is 997. The molecule has 0 radical (unpaired) electrons. The van der Waals surface area contributed by atoms with E-state index in [0.29, 0.717) is 0 Å². The second-order valence-corrected chi connectivity index (χ2v) is 6.56. The van der Waals surface area contributed by atoms with Crippen molar-refractivity contribution in [2.24, 2.45) is 0 Å². The number of pyridine rings is 1. The fourth-order valence-electron chi connectivity index (χ4n) is 4.48. The van der Waals surface area contributed by atoms with Crippen LogP contribution in [0.15, 0.2) is 67.4 Å². The minimum Gasteiger partial charge on any atom is -0.264 e. The van der Waals surface area contributed by atoms with Gasteiger partial charge in [0.25, 0.3) is 0 Å². The molecule has 3 nitrogen and oxygen atoms in total. The minimum atomic E-state index is 0.186. The van der Waals surface area contributed by atoms with Gasteiger partial charge in [-0.3, -0.25) is 4.98 Å². The van der Waals surface area contributed by atoms with Crippen LogP contribution in [-0.4, -0.2) is 15.0 Å². The van der Waals surface area contributed by atoms with Gasteiger partial charge in [-0.2, -0.15) is 0 Å². The molecule has 2 aromatic carbocycles. The molecule has 4 aromatic rings. The molecule has 2 heterocycles. The summed E-state index contributed by atoms with van der Waals surface area (Å²) < 4.78 is 0. The molecule has 0 spiro atoms. The second kappa shape index (κ2) is 4.26. The molecule has 2 bridgehead atoms. The van der Waals surface area contributed by atoms with Gasteiger partial charge in [0.2, 0.25) is 0 Å². The maximum absolute atomic E-state index is 4.65. The van der Waals surface area contributed by atoms with Crippen LogP contribution in [0, 0.1) is 0 Å². The van der Waals surface area contributed by atoms with Gasteiger partial charge >= 0.3 is 0 Å². The molecule has 3 aliphatic rings. The number of hydrogen-bond donors (Lipinski definition) is 0. The largest absolute Gasteiger partial charge is 0.264 e. The van der Waals surface area contributed by atoms with Crippen LogP contribution in [0.25, 0.3) is 10.8 Å². The average Bonchev–Trinajstić information content (AvgIpc) is 2.66. The summed E-state index contributed by atoms with van der Waals surface area (Å²) in [4.78, 5) is 13.3. The first kappa shape index (κ1) is 12.4. The van der Waals surface area contributed by atoms with E-state index in [1.54, 1.807) is 6.33 Å². The van der Waals surface area contributed by atoms with Gasteiger partial charge in [0.1, 0.15) is 6.33 Å². The van der Waals surface area contributed by atoms with Crippen molar-refractivity contribution in [2.45, 2.75) is 11.8 Å². The van der Waals surface area contributed by atoms with Gasteiger partial charge < -0.3 is 0 Å². The quantitative estimate of drug-likeness (QED) is 0.425. The van der Waals surface area contributed by atoms with Crippen molar-refractivity contribution in [1.82, 2.24) is 15.0 Å². The van der Waals surface area contributed by atoms with Crippen LogP contribution in [0.4, 0.5) is 0 Å². The van der Waals surface area contributed by atoms with Gasteiger partial charge in [0, 0.05) is 30.1 Å². The lowest BCUT2D eigenvalue weighted by Crippen LogP contribution is -2.28. The summed E-state index contributed by atoms with van der Waals surface area (Å²) in [6.45, 7) is 0. The van der Waals surface area contributed by atoms with Gasteiger partial charge in [0.15, 0.2) is 0 Å². The first-order chi connectivity index (χ1) is 11.9. The highest BCUT2D eigenvalue weighted by atomic mass is 14.8. The summed E-state index contributed by atoms with van der Waals surface area (Å²) >= 11 is 0. The van der Waals surface area contributed by atoms with E-state index < -0.39 is 0 Å². The first-order valence-corrected chi connectivity index (χ1v) is 8.18. The molecule has 3 aliphatic carbocycles. The maximum atomic E-state index is 4.65. The molecule has 0 N–H and O–H groups in total. The predicted octanol–water partition coefficient (Wildman–Crippen LogP) is 4.01. The van der Waals surface area contributed by atoms with E-state index in [-0.39, 0.29) is 11.8 Å². The van der Waals surface area contributed by atoms with E-state index in [1.807, 2.05) is 18.6 Å². The van der Waals surface area contributed by atoms with Crippen molar-refractivity contribution in [3.63, 3.8) is 0 Å². The molecule has 0 aliphatic heterocycles.